The number of hydrogen-bond acceptors (Lipinski definition) is 5. The van der Waals surface area contributed by atoms with E-state index in [0.717, 1.165) is 31.7 Å². The zero-order valence-electron chi connectivity index (χ0n) is 23.6. The van der Waals surface area contributed by atoms with Crippen molar-refractivity contribution in [3.63, 3.8) is 0 Å². The molecule has 3 aromatic rings. The largest absolute Gasteiger partial charge is 0.512 e. The predicted molar refractivity (Wildman–Crippen MR) is 156 cm³/mol. The number of aryl methyl sites for hydroxylation is 1. The van der Waals surface area contributed by atoms with E-state index in [-0.39, 0.29) is 22.6 Å². The van der Waals surface area contributed by atoms with Gasteiger partial charge in [-0.3, -0.25) is 9.52 Å². The lowest BCUT2D eigenvalue weighted by Crippen LogP contribution is -2.33. The first-order valence-electron chi connectivity index (χ1n) is 14.0. The Morgan fingerprint density at radius 1 is 1.00 bits per heavy atom. The molecule has 0 spiro atoms. The van der Waals surface area contributed by atoms with Crippen LogP contribution in [-0.2, 0) is 27.4 Å². The van der Waals surface area contributed by atoms with E-state index in [9.17, 15) is 31.5 Å². The highest BCUT2D eigenvalue weighted by Crippen LogP contribution is 2.47. The molecular weight excluding hydrogens is 565 g/mol. The van der Waals surface area contributed by atoms with Crippen molar-refractivity contribution in [1.82, 2.24) is 4.98 Å². The minimum Gasteiger partial charge on any atom is -0.512 e. The molecule has 2 aromatic carbocycles. The summed E-state index contributed by atoms with van der Waals surface area (Å²) in [7, 11) is -4.28. The van der Waals surface area contributed by atoms with E-state index in [2.05, 4.69) is 28.8 Å². The number of anilines is 1. The van der Waals surface area contributed by atoms with Gasteiger partial charge in [0.15, 0.2) is 10.8 Å². The van der Waals surface area contributed by atoms with Crippen molar-refractivity contribution in [3.05, 3.63) is 101 Å². The Bertz CT molecular complexity index is 1540. The van der Waals surface area contributed by atoms with Gasteiger partial charge in [-0.1, -0.05) is 62.7 Å². The van der Waals surface area contributed by atoms with E-state index in [1.807, 2.05) is 25.1 Å². The monoisotopic (exact) mass is 600 g/mol. The zero-order chi connectivity index (χ0) is 30.5. The average molecular weight is 601 g/mol. The number of aliphatic hydroxyl groups excluding tert-OH is 1. The van der Waals surface area contributed by atoms with Crippen molar-refractivity contribution in [2.75, 3.05) is 4.72 Å². The fourth-order valence-electron chi connectivity index (χ4n) is 5.91. The van der Waals surface area contributed by atoms with Crippen LogP contribution < -0.4 is 4.72 Å². The smallest absolute Gasteiger partial charge is 0.417 e. The third kappa shape index (κ3) is 7.21. The number of pyridine rings is 1. The molecule has 2 N–H and O–H groups in total. The number of ketones is 1. The van der Waals surface area contributed by atoms with Crippen LogP contribution in [0.15, 0.2) is 89.3 Å². The first-order chi connectivity index (χ1) is 19.9. The fourth-order valence-corrected chi connectivity index (χ4v) is 6.89. The van der Waals surface area contributed by atoms with Gasteiger partial charge in [0, 0.05) is 36.2 Å². The number of alkyl halides is 3. The quantitative estimate of drug-likeness (QED) is 0.233. The molecule has 42 heavy (non-hydrogen) atoms. The van der Waals surface area contributed by atoms with E-state index in [1.54, 1.807) is 18.2 Å². The summed E-state index contributed by atoms with van der Waals surface area (Å²) in [6, 6.07) is 18.0. The summed E-state index contributed by atoms with van der Waals surface area (Å²) >= 11 is 0. The molecule has 2 unspecified atom stereocenters. The van der Waals surface area contributed by atoms with Gasteiger partial charge in [-0.05, 0) is 66.5 Å². The average Bonchev–Trinajstić information content (AvgIpc) is 2.94. The van der Waals surface area contributed by atoms with E-state index in [4.69, 9.17) is 0 Å². The Morgan fingerprint density at radius 2 is 1.74 bits per heavy atom. The summed E-state index contributed by atoms with van der Waals surface area (Å²) in [5.41, 5.74) is 0.960. The van der Waals surface area contributed by atoms with Gasteiger partial charge in [0.05, 0.1) is 5.56 Å². The number of nitrogens with one attached hydrogen (secondary N) is 1. The van der Waals surface area contributed by atoms with Gasteiger partial charge in [-0.25, -0.2) is 4.98 Å². The van der Waals surface area contributed by atoms with Gasteiger partial charge in [0.2, 0.25) is 0 Å². The molecule has 0 amide bonds. The topological polar surface area (TPSA) is 96.4 Å². The lowest BCUT2D eigenvalue weighted by atomic mass is 9.65. The number of carbonyl (C=O) groups is 1. The highest BCUT2D eigenvalue weighted by atomic mass is 32.2. The fraction of sp³-hybridized carbons (Fsp3) is 0.375. The number of aromatic nitrogens is 1. The van der Waals surface area contributed by atoms with Gasteiger partial charge in [-0.2, -0.15) is 21.6 Å². The highest BCUT2D eigenvalue weighted by molar-refractivity contribution is 7.92. The zero-order valence-corrected chi connectivity index (χ0v) is 24.4. The van der Waals surface area contributed by atoms with Gasteiger partial charge in [-0.15, -0.1) is 0 Å². The summed E-state index contributed by atoms with van der Waals surface area (Å²) in [6.45, 7) is 3.97. The number of benzene rings is 2. The molecule has 0 bridgehead atoms. The van der Waals surface area contributed by atoms with Crippen LogP contribution in [-0.4, -0.2) is 24.3 Å². The van der Waals surface area contributed by atoms with Crippen molar-refractivity contribution in [3.8, 4) is 0 Å². The summed E-state index contributed by atoms with van der Waals surface area (Å²) in [5.74, 6) is -0.480. The summed E-state index contributed by atoms with van der Waals surface area (Å²) in [5, 5.41) is 10.7. The standard InChI is InChI=1S/C32H35F3N2O4S/c1-3-16-31(17-15-22-9-6-5-7-10-22)19-27(38)30(28(39)20-31)26(4-2)23-11-8-12-25(18-23)37-42(40,41)29-14-13-24(21-36-29)32(33,34)35/h5-14,18,21,26,37-38H,3-4,15-17,19-20H2,1-2H3. The third-order valence-electron chi connectivity index (χ3n) is 7.89. The molecule has 1 aliphatic carbocycles. The number of aliphatic hydroxyl groups is 1. The molecule has 4 rings (SSSR count). The van der Waals surface area contributed by atoms with E-state index >= 15 is 0 Å². The van der Waals surface area contributed by atoms with Crippen LogP contribution in [0.4, 0.5) is 18.9 Å². The Kier molecular flexibility index (Phi) is 9.45. The number of allylic oxidation sites excluding steroid dienone is 2. The number of sulfonamides is 1. The van der Waals surface area contributed by atoms with Crippen molar-refractivity contribution in [2.45, 2.75) is 75.9 Å². The normalized spacial score (nSPS) is 18.6. The number of rotatable bonds is 11. The summed E-state index contributed by atoms with van der Waals surface area (Å²) in [6.07, 6.45) is 0.345. The SMILES string of the molecule is CCCC1(CCc2ccccc2)CC(=O)C(C(CC)c2cccc(NS(=O)(=O)c3ccc(C(F)(F)F)cn3)c2)=C(O)C1. The van der Waals surface area contributed by atoms with Crippen molar-refractivity contribution in [2.24, 2.45) is 5.41 Å². The molecule has 1 heterocycles. The van der Waals surface area contributed by atoms with Crippen LogP contribution >= 0.6 is 0 Å². The molecule has 0 saturated heterocycles. The van der Waals surface area contributed by atoms with Crippen molar-refractivity contribution >= 4 is 21.5 Å². The number of nitrogens with zero attached hydrogens (tertiary/aromatic N) is 1. The van der Waals surface area contributed by atoms with Crippen molar-refractivity contribution < 1.29 is 31.5 Å². The van der Waals surface area contributed by atoms with Crippen LogP contribution in [0.25, 0.3) is 0 Å². The Morgan fingerprint density at radius 3 is 2.33 bits per heavy atom. The lowest BCUT2D eigenvalue weighted by Gasteiger charge is -2.38. The van der Waals surface area contributed by atoms with Crippen LogP contribution in [0.1, 0.15) is 75.0 Å². The number of Topliss-reactive ketones (excluding diaryl/α,β-unsaturated/α-hetero) is 1. The second-order valence-corrected chi connectivity index (χ2v) is 12.6. The molecule has 0 saturated carbocycles. The molecular formula is C32H35F3N2O4S. The minimum atomic E-state index is -4.64. The van der Waals surface area contributed by atoms with E-state index < -0.39 is 32.7 Å². The molecule has 2 atom stereocenters. The third-order valence-corrected chi connectivity index (χ3v) is 9.19. The van der Waals surface area contributed by atoms with Gasteiger partial charge in [0.1, 0.15) is 5.76 Å². The Balaban J connectivity index is 1.57. The summed E-state index contributed by atoms with van der Waals surface area (Å²) in [4.78, 5) is 17.1. The number of carbonyl (C=O) groups excluding carboxylic acids is 1. The van der Waals surface area contributed by atoms with Gasteiger partial charge in [0.25, 0.3) is 10.0 Å². The second-order valence-electron chi connectivity index (χ2n) is 10.9. The van der Waals surface area contributed by atoms with Crippen LogP contribution in [0.2, 0.25) is 0 Å². The van der Waals surface area contributed by atoms with E-state index in [0.29, 0.717) is 42.7 Å². The van der Waals surface area contributed by atoms with Crippen molar-refractivity contribution in [1.29, 1.82) is 0 Å². The second kappa shape index (κ2) is 12.7. The maximum atomic E-state index is 13.7. The lowest BCUT2D eigenvalue weighted by molar-refractivity contribution is -0.137. The number of halogens is 3. The van der Waals surface area contributed by atoms with Gasteiger partial charge < -0.3 is 5.11 Å². The van der Waals surface area contributed by atoms with Crippen LogP contribution in [0.3, 0.4) is 0 Å². The predicted octanol–water partition coefficient (Wildman–Crippen LogP) is 7.99. The van der Waals surface area contributed by atoms with Crippen LogP contribution in [0.5, 0.6) is 0 Å². The van der Waals surface area contributed by atoms with Gasteiger partial charge >= 0.3 is 6.18 Å². The number of hydrogen-bond donors (Lipinski definition) is 2. The maximum absolute atomic E-state index is 13.7. The maximum Gasteiger partial charge on any atom is 0.417 e. The Hall–Kier alpha value is -3.66. The molecule has 0 radical (unpaired) electrons. The first-order valence-corrected chi connectivity index (χ1v) is 15.5. The Labute approximate surface area is 244 Å². The molecule has 6 nitrogen and oxygen atoms in total. The van der Waals surface area contributed by atoms with E-state index in [1.165, 1.54) is 11.6 Å². The molecule has 10 heteroatoms. The molecule has 0 fully saturated rings. The minimum absolute atomic E-state index is 0.0829. The highest BCUT2D eigenvalue weighted by Gasteiger charge is 2.41. The molecule has 1 aromatic heterocycles. The molecule has 0 aliphatic heterocycles. The first kappa shape index (κ1) is 31.3. The molecule has 1 aliphatic rings. The molecule has 224 valence electrons. The van der Waals surface area contributed by atoms with Crippen LogP contribution in [0, 0.1) is 5.41 Å². The summed E-state index contributed by atoms with van der Waals surface area (Å²) < 4.78 is 66.7.